The predicted octanol–water partition coefficient (Wildman–Crippen LogP) is -0.377. The van der Waals surface area contributed by atoms with Crippen LogP contribution in [0.2, 0.25) is 0 Å². The van der Waals surface area contributed by atoms with Gasteiger partial charge in [-0.05, 0) is 12.8 Å². The van der Waals surface area contributed by atoms with Crippen LogP contribution in [0.1, 0.15) is 12.8 Å². The fourth-order valence-corrected chi connectivity index (χ4v) is 0.665. The van der Waals surface area contributed by atoms with E-state index in [0.717, 1.165) is 12.8 Å². The predicted molar refractivity (Wildman–Crippen MR) is 32.6 cm³/mol. The lowest BCUT2D eigenvalue weighted by atomic mass is 10.3. The van der Waals surface area contributed by atoms with Crippen molar-refractivity contribution in [3.05, 3.63) is 0 Å². The summed E-state index contributed by atoms with van der Waals surface area (Å²) < 4.78 is 0. The fourth-order valence-electron chi connectivity index (χ4n) is 0.665. The lowest BCUT2D eigenvalue weighted by Crippen LogP contribution is -2.32. The number of hydrogen-bond acceptors (Lipinski definition) is 3. The molecule has 9 heavy (non-hydrogen) atoms. The van der Waals surface area contributed by atoms with Gasteiger partial charge in [0.05, 0.1) is 12.7 Å². The molecule has 1 rings (SSSR count). The Morgan fingerprint density at radius 2 is 2.44 bits per heavy atom. The summed E-state index contributed by atoms with van der Waals surface area (Å²) in [6, 6.07) is 2.11. The molecule has 0 saturated heterocycles. The van der Waals surface area contributed by atoms with Crippen LogP contribution in [-0.2, 0) is 0 Å². The molecule has 0 radical (unpaired) electrons. The number of nitrogens with zero attached hydrogens (tertiary/aromatic N) is 1. The molecule has 0 bridgehead atoms. The molecule has 1 fully saturated rings. The van der Waals surface area contributed by atoms with Crippen LogP contribution in [0.15, 0.2) is 0 Å². The molecular weight excluding hydrogens is 116 g/mol. The topological polar surface area (TPSA) is 56.0 Å². The molecule has 50 valence electrons. The van der Waals surface area contributed by atoms with Crippen LogP contribution in [0.3, 0.4) is 0 Å². The number of aliphatic hydroxyl groups is 1. The van der Waals surface area contributed by atoms with Gasteiger partial charge in [0.2, 0.25) is 0 Å². The Labute approximate surface area is 54.3 Å². The summed E-state index contributed by atoms with van der Waals surface area (Å²) in [5, 5.41) is 19.8. The lowest BCUT2D eigenvalue weighted by Gasteiger charge is -2.04. The SMILES string of the molecule is N#CC(CO)NC1CC1. The van der Waals surface area contributed by atoms with Crippen molar-refractivity contribution >= 4 is 0 Å². The summed E-state index contributed by atoms with van der Waals surface area (Å²) >= 11 is 0. The van der Waals surface area contributed by atoms with Crippen LogP contribution < -0.4 is 5.32 Å². The lowest BCUT2D eigenvalue weighted by molar-refractivity contribution is 0.266. The van der Waals surface area contributed by atoms with E-state index in [-0.39, 0.29) is 12.6 Å². The highest BCUT2D eigenvalue weighted by atomic mass is 16.3. The first kappa shape index (κ1) is 6.53. The van der Waals surface area contributed by atoms with Gasteiger partial charge in [-0.1, -0.05) is 0 Å². The first-order valence-electron chi connectivity index (χ1n) is 3.13. The van der Waals surface area contributed by atoms with Gasteiger partial charge in [-0.3, -0.25) is 5.32 Å². The van der Waals surface area contributed by atoms with Gasteiger partial charge in [-0.2, -0.15) is 5.26 Å². The van der Waals surface area contributed by atoms with Crippen molar-refractivity contribution in [3.63, 3.8) is 0 Å². The van der Waals surface area contributed by atoms with Crippen LogP contribution in [0.5, 0.6) is 0 Å². The third-order valence-corrected chi connectivity index (χ3v) is 1.35. The minimum absolute atomic E-state index is 0.0764. The number of nitriles is 1. The van der Waals surface area contributed by atoms with E-state index in [0.29, 0.717) is 6.04 Å². The standard InChI is InChI=1S/C6H10N2O/c7-3-6(4-9)8-5-1-2-5/h5-6,8-9H,1-2,4H2. The molecule has 1 aliphatic carbocycles. The quantitative estimate of drug-likeness (QED) is 0.542. The maximum absolute atomic E-state index is 8.52. The second-order valence-corrected chi connectivity index (χ2v) is 2.31. The Morgan fingerprint density at radius 1 is 1.78 bits per heavy atom. The summed E-state index contributed by atoms with van der Waals surface area (Å²) in [5.41, 5.74) is 0. The largest absolute Gasteiger partial charge is 0.394 e. The van der Waals surface area contributed by atoms with Crippen molar-refractivity contribution in [3.8, 4) is 6.07 Å². The van der Waals surface area contributed by atoms with Crippen molar-refractivity contribution in [2.45, 2.75) is 24.9 Å². The second-order valence-electron chi connectivity index (χ2n) is 2.31. The highest BCUT2D eigenvalue weighted by Crippen LogP contribution is 2.18. The average molecular weight is 126 g/mol. The Morgan fingerprint density at radius 3 is 2.78 bits per heavy atom. The maximum Gasteiger partial charge on any atom is 0.119 e. The van der Waals surface area contributed by atoms with Crippen LogP contribution in [0.25, 0.3) is 0 Å². The van der Waals surface area contributed by atoms with E-state index < -0.39 is 0 Å². The first-order valence-corrected chi connectivity index (χ1v) is 3.13. The molecule has 1 atom stereocenters. The number of rotatable bonds is 3. The van der Waals surface area contributed by atoms with Crippen molar-refractivity contribution in [2.24, 2.45) is 0 Å². The molecule has 1 saturated carbocycles. The number of hydrogen-bond donors (Lipinski definition) is 2. The zero-order chi connectivity index (χ0) is 6.69. The maximum atomic E-state index is 8.52. The third-order valence-electron chi connectivity index (χ3n) is 1.35. The normalized spacial score (nSPS) is 20.9. The summed E-state index contributed by atoms with van der Waals surface area (Å²) in [6.07, 6.45) is 2.30. The van der Waals surface area contributed by atoms with E-state index in [1.54, 1.807) is 0 Å². The molecule has 0 aromatic carbocycles. The smallest absolute Gasteiger partial charge is 0.119 e. The van der Waals surface area contributed by atoms with Crippen LogP contribution in [-0.4, -0.2) is 23.8 Å². The third kappa shape index (κ3) is 2.00. The van der Waals surface area contributed by atoms with E-state index in [4.69, 9.17) is 10.4 Å². The van der Waals surface area contributed by atoms with E-state index >= 15 is 0 Å². The zero-order valence-electron chi connectivity index (χ0n) is 5.17. The van der Waals surface area contributed by atoms with Crippen LogP contribution in [0, 0.1) is 11.3 Å². The van der Waals surface area contributed by atoms with Gasteiger partial charge < -0.3 is 5.11 Å². The summed E-state index contributed by atoms with van der Waals surface area (Å²) in [5.74, 6) is 0. The van der Waals surface area contributed by atoms with Crippen molar-refractivity contribution in [1.82, 2.24) is 5.32 Å². The van der Waals surface area contributed by atoms with Gasteiger partial charge in [0.25, 0.3) is 0 Å². The molecule has 0 heterocycles. The van der Waals surface area contributed by atoms with Gasteiger partial charge in [0.15, 0.2) is 0 Å². The van der Waals surface area contributed by atoms with Crippen molar-refractivity contribution < 1.29 is 5.11 Å². The minimum Gasteiger partial charge on any atom is -0.394 e. The molecule has 2 N–H and O–H groups in total. The van der Waals surface area contributed by atoms with Crippen LogP contribution >= 0.6 is 0 Å². The first-order chi connectivity index (χ1) is 4.36. The van der Waals surface area contributed by atoms with E-state index in [9.17, 15) is 0 Å². The van der Waals surface area contributed by atoms with Crippen molar-refractivity contribution in [2.75, 3.05) is 6.61 Å². The minimum atomic E-state index is -0.350. The Hall–Kier alpha value is -0.590. The monoisotopic (exact) mass is 126 g/mol. The van der Waals surface area contributed by atoms with Gasteiger partial charge in [-0.15, -0.1) is 0 Å². The Kier molecular flexibility index (Phi) is 2.04. The average Bonchev–Trinajstić information content (AvgIpc) is 2.66. The highest BCUT2D eigenvalue weighted by molar-refractivity contribution is 4.95. The van der Waals surface area contributed by atoms with Gasteiger partial charge in [0.1, 0.15) is 6.04 Å². The number of aliphatic hydroxyl groups excluding tert-OH is 1. The zero-order valence-corrected chi connectivity index (χ0v) is 5.17. The highest BCUT2D eigenvalue weighted by Gasteiger charge is 2.23. The molecule has 0 aliphatic heterocycles. The van der Waals surface area contributed by atoms with E-state index in [1.807, 2.05) is 6.07 Å². The molecule has 3 nitrogen and oxygen atoms in total. The second kappa shape index (κ2) is 2.81. The molecule has 0 aromatic rings. The molecular formula is C6H10N2O. The van der Waals surface area contributed by atoms with E-state index in [2.05, 4.69) is 5.32 Å². The molecule has 3 heteroatoms. The van der Waals surface area contributed by atoms with Gasteiger partial charge in [-0.25, -0.2) is 0 Å². The summed E-state index contributed by atoms with van der Waals surface area (Å²) in [4.78, 5) is 0. The summed E-state index contributed by atoms with van der Waals surface area (Å²) in [7, 11) is 0. The number of nitrogens with one attached hydrogen (secondary N) is 1. The van der Waals surface area contributed by atoms with Crippen LogP contribution in [0.4, 0.5) is 0 Å². The molecule has 1 unspecified atom stereocenters. The Bertz CT molecular complexity index is 126. The Balaban J connectivity index is 2.14. The summed E-state index contributed by atoms with van der Waals surface area (Å²) in [6.45, 7) is -0.0764. The molecule has 0 amide bonds. The van der Waals surface area contributed by atoms with Gasteiger partial charge >= 0.3 is 0 Å². The van der Waals surface area contributed by atoms with Crippen molar-refractivity contribution in [1.29, 1.82) is 5.26 Å². The van der Waals surface area contributed by atoms with E-state index in [1.165, 1.54) is 0 Å². The molecule has 1 aliphatic rings. The fraction of sp³-hybridized carbons (Fsp3) is 0.833. The molecule has 0 aromatic heterocycles. The molecule has 0 spiro atoms. The van der Waals surface area contributed by atoms with Gasteiger partial charge in [0, 0.05) is 6.04 Å².